The third-order valence-corrected chi connectivity index (χ3v) is 11.3. The van der Waals surface area contributed by atoms with Crippen molar-refractivity contribution >= 4 is 38.6 Å². The van der Waals surface area contributed by atoms with E-state index in [0.29, 0.717) is 28.5 Å². The Morgan fingerprint density at radius 3 is 2.39 bits per heavy atom. The van der Waals surface area contributed by atoms with Crippen LogP contribution in [-0.2, 0) is 9.47 Å². The molecule has 3 aliphatic carbocycles. The number of thiazole rings is 1. The molecule has 2 saturated heterocycles. The highest BCUT2D eigenvalue weighted by molar-refractivity contribution is 7.22. The zero-order valence-electron chi connectivity index (χ0n) is 23.2. The zero-order chi connectivity index (χ0) is 27.9. The maximum Gasteiger partial charge on any atom is 0.344 e. The molecule has 1 spiro atoms. The minimum absolute atomic E-state index is 0.160. The average molecular weight is 580 g/mol. The summed E-state index contributed by atoms with van der Waals surface area (Å²) in [6.45, 7) is 0. The molecule has 216 valence electrons. The van der Waals surface area contributed by atoms with Crippen molar-refractivity contribution in [2.24, 2.45) is 5.41 Å². The molecule has 3 atom stereocenters. The summed E-state index contributed by atoms with van der Waals surface area (Å²) >= 11 is 1.39. The Kier molecular flexibility index (Phi) is 5.95. The first kappa shape index (κ1) is 25.7. The lowest BCUT2D eigenvalue weighted by Crippen LogP contribution is -2.46. The monoisotopic (exact) mass is 579 g/mol. The van der Waals surface area contributed by atoms with E-state index < -0.39 is 11.8 Å². The number of piperidine rings is 1. The third kappa shape index (κ3) is 4.44. The fraction of sp³-hybridized carbons (Fsp3) is 0.613. The fourth-order valence-electron chi connectivity index (χ4n) is 7.67. The van der Waals surface area contributed by atoms with Gasteiger partial charge in [-0.3, -0.25) is 0 Å². The van der Waals surface area contributed by atoms with Crippen molar-refractivity contribution in [1.29, 1.82) is 0 Å². The first-order valence-corrected chi connectivity index (χ1v) is 15.9. The van der Waals surface area contributed by atoms with Gasteiger partial charge in [-0.25, -0.2) is 19.0 Å². The minimum Gasteiger partial charge on any atom is -0.465 e. The van der Waals surface area contributed by atoms with Crippen LogP contribution in [0.3, 0.4) is 0 Å². The summed E-state index contributed by atoms with van der Waals surface area (Å²) < 4.78 is 32.3. The van der Waals surface area contributed by atoms with E-state index in [1.54, 1.807) is 6.07 Å². The lowest BCUT2D eigenvalue weighted by Gasteiger charge is -2.38. The van der Waals surface area contributed by atoms with E-state index in [-0.39, 0.29) is 47.1 Å². The van der Waals surface area contributed by atoms with Gasteiger partial charge in [0.25, 0.3) is 0 Å². The Labute approximate surface area is 241 Å². The van der Waals surface area contributed by atoms with Gasteiger partial charge >= 0.3 is 11.9 Å². The average Bonchev–Trinajstić information content (AvgIpc) is 3.84. The fourth-order valence-corrected chi connectivity index (χ4v) is 8.84. The smallest absolute Gasteiger partial charge is 0.344 e. The van der Waals surface area contributed by atoms with Crippen molar-refractivity contribution in [1.82, 2.24) is 10.1 Å². The number of nitrogens with zero attached hydrogens (tertiary/aromatic N) is 3. The van der Waals surface area contributed by atoms with Gasteiger partial charge < -0.3 is 18.9 Å². The summed E-state index contributed by atoms with van der Waals surface area (Å²) in [6.07, 6.45) is 12.5. The molecule has 2 bridgehead atoms. The zero-order valence-corrected chi connectivity index (χ0v) is 24.0. The number of methoxy groups -OCH3 is 1. The standard InChI is InChI=1S/C31H34FN3O5S/c1-38-28(36)18-12-22(32)26-23(13-18)41-30(33-26)35-19-4-5-20(35)15-21(14-19)39-29(37)24-25(34-40-27(24)17-2-3-17)16-6-8-31(9-7-16)10-11-31/h12-13,16-17,19-21H,2-11,14-15H2,1H3/t19-,20+,21?. The molecule has 5 fully saturated rings. The Bertz CT molecular complexity index is 1520. The third-order valence-electron chi connectivity index (χ3n) is 10.3. The highest BCUT2D eigenvalue weighted by atomic mass is 32.1. The number of esters is 2. The van der Waals surface area contributed by atoms with Crippen LogP contribution in [0.1, 0.15) is 121 Å². The van der Waals surface area contributed by atoms with Crippen LogP contribution in [0, 0.1) is 11.2 Å². The number of halogens is 1. The Morgan fingerprint density at radius 1 is 1.00 bits per heavy atom. The number of carbonyl (C=O) groups excluding carboxylic acids is 2. The molecule has 2 aliphatic heterocycles. The predicted octanol–water partition coefficient (Wildman–Crippen LogP) is 6.88. The Hall–Kier alpha value is -3.01. The van der Waals surface area contributed by atoms with Gasteiger partial charge in [-0.1, -0.05) is 16.5 Å². The summed E-state index contributed by atoms with van der Waals surface area (Å²) in [5.41, 5.74) is 2.47. The lowest BCUT2D eigenvalue weighted by molar-refractivity contribution is 0.0199. The van der Waals surface area contributed by atoms with E-state index >= 15 is 0 Å². The molecule has 2 aromatic heterocycles. The first-order chi connectivity index (χ1) is 19.9. The maximum atomic E-state index is 14.8. The number of benzene rings is 1. The van der Waals surface area contributed by atoms with E-state index in [0.717, 1.165) is 55.1 Å². The molecule has 1 unspecified atom stereocenters. The van der Waals surface area contributed by atoms with Gasteiger partial charge in [0.1, 0.15) is 22.9 Å². The topological polar surface area (TPSA) is 94.8 Å². The molecular weight excluding hydrogens is 545 g/mol. The SMILES string of the molecule is COC(=O)c1cc(F)c2nc(N3[C@@H]4CC[C@H]3CC(OC(=O)c3c(C5CCC6(CC5)CC6)noc3C3CC3)C4)sc2c1. The lowest BCUT2D eigenvalue weighted by atomic mass is 9.77. The number of carbonyl (C=O) groups is 2. The van der Waals surface area contributed by atoms with Crippen molar-refractivity contribution in [2.45, 2.75) is 107 Å². The highest BCUT2D eigenvalue weighted by Gasteiger charge is 2.48. The second kappa shape index (κ2) is 9.51. The number of fused-ring (bicyclic) bond motifs is 3. The van der Waals surface area contributed by atoms with Crippen LogP contribution in [0.5, 0.6) is 0 Å². The molecule has 8 nitrogen and oxygen atoms in total. The molecule has 0 amide bonds. The van der Waals surface area contributed by atoms with Crippen molar-refractivity contribution in [2.75, 3.05) is 12.0 Å². The van der Waals surface area contributed by atoms with Crippen molar-refractivity contribution in [3.63, 3.8) is 0 Å². The Balaban J connectivity index is 0.999. The van der Waals surface area contributed by atoms with Gasteiger partial charge in [0.05, 0.1) is 17.4 Å². The van der Waals surface area contributed by atoms with Gasteiger partial charge in [-0.2, -0.15) is 0 Å². The minimum atomic E-state index is -0.570. The van der Waals surface area contributed by atoms with Crippen LogP contribution < -0.4 is 4.90 Å². The normalized spacial score (nSPS) is 27.0. The molecule has 3 aromatic rings. The van der Waals surface area contributed by atoms with Gasteiger partial charge in [0.2, 0.25) is 0 Å². The maximum absolute atomic E-state index is 14.8. The Morgan fingerprint density at radius 2 is 1.73 bits per heavy atom. The number of hydrogen-bond acceptors (Lipinski definition) is 9. The molecule has 3 saturated carbocycles. The molecule has 4 heterocycles. The number of ether oxygens (including phenoxy) is 2. The molecule has 0 radical (unpaired) electrons. The van der Waals surface area contributed by atoms with Crippen molar-refractivity contribution in [3.8, 4) is 0 Å². The molecular formula is C31H34FN3O5S. The van der Waals surface area contributed by atoms with Gasteiger partial charge in [-0.15, -0.1) is 0 Å². The summed E-state index contributed by atoms with van der Waals surface area (Å²) in [4.78, 5) is 32.6. The summed E-state index contributed by atoms with van der Waals surface area (Å²) in [5, 5.41) is 5.23. The number of rotatable bonds is 6. The number of hydrogen-bond donors (Lipinski definition) is 0. The summed E-state index contributed by atoms with van der Waals surface area (Å²) in [5.74, 6) is -0.0704. The van der Waals surface area contributed by atoms with Crippen LogP contribution in [0.2, 0.25) is 0 Å². The van der Waals surface area contributed by atoms with E-state index in [2.05, 4.69) is 15.0 Å². The number of anilines is 1. The van der Waals surface area contributed by atoms with Gasteiger partial charge in [0.15, 0.2) is 16.7 Å². The molecule has 0 N–H and O–H groups in total. The van der Waals surface area contributed by atoms with E-state index in [1.165, 1.54) is 50.2 Å². The van der Waals surface area contributed by atoms with Crippen LogP contribution in [0.4, 0.5) is 9.52 Å². The van der Waals surface area contributed by atoms with Crippen molar-refractivity contribution < 1.29 is 28.0 Å². The summed E-state index contributed by atoms with van der Waals surface area (Å²) in [7, 11) is 1.28. The van der Waals surface area contributed by atoms with Crippen LogP contribution in [0.25, 0.3) is 10.2 Å². The number of aromatic nitrogens is 2. The van der Waals surface area contributed by atoms with Crippen LogP contribution in [-0.4, -0.2) is 47.4 Å². The van der Waals surface area contributed by atoms with Crippen LogP contribution in [0.15, 0.2) is 16.7 Å². The highest BCUT2D eigenvalue weighted by Crippen LogP contribution is 2.59. The van der Waals surface area contributed by atoms with Crippen molar-refractivity contribution in [3.05, 3.63) is 40.5 Å². The second-order valence-electron chi connectivity index (χ2n) is 12.9. The molecule has 41 heavy (non-hydrogen) atoms. The first-order valence-electron chi connectivity index (χ1n) is 15.1. The summed E-state index contributed by atoms with van der Waals surface area (Å²) in [6, 6.07) is 3.15. The molecule has 1 aromatic carbocycles. The van der Waals surface area contributed by atoms with Crippen LogP contribution >= 0.6 is 11.3 Å². The predicted molar refractivity (Wildman–Crippen MR) is 150 cm³/mol. The second-order valence-corrected chi connectivity index (χ2v) is 13.9. The quantitative estimate of drug-likeness (QED) is 0.292. The van der Waals surface area contributed by atoms with Gasteiger partial charge in [-0.05, 0) is 81.8 Å². The van der Waals surface area contributed by atoms with E-state index in [1.807, 2.05) is 0 Å². The van der Waals surface area contributed by atoms with E-state index in [4.69, 9.17) is 14.0 Å². The molecule has 8 rings (SSSR count). The molecule has 5 aliphatic rings. The molecule has 10 heteroatoms. The van der Waals surface area contributed by atoms with E-state index in [9.17, 15) is 14.0 Å². The van der Waals surface area contributed by atoms with Gasteiger partial charge in [0, 0.05) is 36.8 Å². The largest absolute Gasteiger partial charge is 0.465 e.